The molecule has 3 nitrogen and oxygen atoms in total. The van der Waals surface area contributed by atoms with Crippen LogP contribution in [0.1, 0.15) is 20.3 Å². The molecule has 0 radical (unpaired) electrons. The lowest BCUT2D eigenvalue weighted by atomic mass is 10.2. The Bertz CT molecular complexity index is 390. The van der Waals surface area contributed by atoms with Crippen LogP contribution in [0.25, 0.3) is 0 Å². The number of thiol groups is 1. The van der Waals surface area contributed by atoms with E-state index in [-0.39, 0.29) is 0 Å². The summed E-state index contributed by atoms with van der Waals surface area (Å²) < 4.78 is 3.41. The second kappa shape index (κ2) is 13.4. The number of hydrogen-bond donors (Lipinski definition) is 3. The van der Waals surface area contributed by atoms with Crippen LogP contribution in [0.3, 0.4) is 0 Å². The summed E-state index contributed by atoms with van der Waals surface area (Å²) in [5.41, 5.74) is 0. The van der Waals surface area contributed by atoms with Crippen LogP contribution < -0.4 is 10.0 Å². The van der Waals surface area contributed by atoms with E-state index < -0.39 is 0 Å². The summed E-state index contributed by atoms with van der Waals surface area (Å²) >= 11 is 6.15. The van der Waals surface area contributed by atoms with E-state index in [1.165, 1.54) is 15.9 Å². The molecule has 132 valence electrons. The topological polar surface area (TPSA) is 27.3 Å². The predicted molar refractivity (Wildman–Crippen MR) is 110 cm³/mol. The van der Waals surface area contributed by atoms with Crippen molar-refractivity contribution in [2.45, 2.75) is 31.2 Å². The van der Waals surface area contributed by atoms with E-state index in [2.05, 4.69) is 77.8 Å². The van der Waals surface area contributed by atoms with E-state index in [0.717, 1.165) is 44.3 Å². The van der Waals surface area contributed by atoms with Crippen molar-refractivity contribution in [1.29, 1.82) is 0 Å². The SMILES string of the molecule is CC(C)CNCCN(C)CC[C@H](CSc1ccccc1)NSS. The zero-order valence-corrected chi connectivity index (χ0v) is 17.0. The third-order valence-electron chi connectivity index (χ3n) is 3.50. The molecule has 0 aliphatic carbocycles. The normalized spacial score (nSPS) is 13.0. The van der Waals surface area contributed by atoms with Gasteiger partial charge in [0.15, 0.2) is 0 Å². The minimum Gasteiger partial charge on any atom is -0.315 e. The maximum atomic E-state index is 4.25. The maximum absolute atomic E-state index is 4.25. The molecule has 1 aromatic rings. The highest BCUT2D eigenvalue weighted by molar-refractivity contribution is 8.67. The molecule has 23 heavy (non-hydrogen) atoms. The summed E-state index contributed by atoms with van der Waals surface area (Å²) in [5, 5.41) is 3.50. The van der Waals surface area contributed by atoms with Crippen molar-refractivity contribution in [3.05, 3.63) is 30.3 Å². The molecule has 0 fully saturated rings. The number of likely N-dealkylation sites (N-methyl/N-ethyl adjacent to an activating group) is 1. The van der Waals surface area contributed by atoms with Crippen molar-refractivity contribution in [1.82, 2.24) is 14.9 Å². The van der Waals surface area contributed by atoms with Crippen LogP contribution in [-0.4, -0.2) is 49.9 Å². The van der Waals surface area contributed by atoms with E-state index in [1.54, 1.807) is 0 Å². The molecule has 0 bridgehead atoms. The molecule has 2 N–H and O–H groups in total. The Hall–Kier alpha value is 0.150. The van der Waals surface area contributed by atoms with Crippen molar-refractivity contribution in [3.63, 3.8) is 0 Å². The zero-order chi connectivity index (χ0) is 16.9. The smallest absolute Gasteiger partial charge is 0.0285 e. The highest BCUT2D eigenvalue weighted by Gasteiger charge is 2.10. The fourth-order valence-corrected chi connectivity index (χ4v) is 4.01. The molecular formula is C17H31N3S3. The molecule has 0 saturated heterocycles. The van der Waals surface area contributed by atoms with Gasteiger partial charge in [0.1, 0.15) is 0 Å². The summed E-state index contributed by atoms with van der Waals surface area (Å²) in [6, 6.07) is 11.1. The van der Waals surface area contributed by atoms with E-state index in [1.807, 2.05) is 11.8 Å². The van der Waals surface area contributed by atoms with Gasteiger partial charge >= 0.3 is 0 Å². The van der Waals surface area contributed by atoms with Crippen LogP contribution in [0.5, 0.6) is 0 Å². The highest BCUT2D eigenvalue weighted by atomic mass is 33.1. The molecule has 6 heteroatoms. The second-order valence-electron chi connectivity index (χ2n) is 6.22. The average Bonchev–Trinajstić information content (AvgIpc) is 2.55. The van der Waals surface area contributed by atoms with Crippen molar-refractivity contribution >= 4 is 34.4 Å². The van der Waals surface area contributed by atoms with Crippen molar-refractivity contribution in [3.8, 4) is 0 Å². The summed E-state index contributed by atoms with van der Waals surface area (Å²) in [5.74, 6) is 1.79. The van der Waals surface area contributed by atoms with Gasteiger partial charge in [-0.05, 0) is 55.6 Å². The first-order valence-electron chi connectivity index (χ1n) is 8.25. The van der Waals surface area contributed by atoms with E-state index in [9.17, 15) is 0 Å². The van der Waals surface area contributed by atoms with Crippen LogP contribution in [0.4, 0.5) is 0 Å². The summed E-state index contributed by atoms with van der Waals surface area (Å²) in [6.45, 7) is 8.85. The first-order chi connectivity index (χ1) is 11.1. The number of nitrogens with zero attached hydrogens (tertiary/aromatic N) is 1. The molecule has 0 amide bonds. The fourth-order valence-electron chi connectivity index (χ4n) is 2.11. The van der Waals surface area contributed by atoms with Crippen LogP contribution in [0.15, 0.2) is 35.2 Å². The van der Waals surface area contributed by atoms with E-state index in [4.69, 9.17) is 0 Å². The highest BCUT2D eigenvalue weighted by Crippen LogP contribution is 2.20. The van der Waals surface area contributed by atoms with Crippen molar-refractivity contribution < 1.29 is 0 Å². The second-order valence-corrected chi connectivity index (χ2v) is 8.28. The lowest BCUT2D eigenvalue weighted by molar-refractivity contribution is 0.315. The van der Waals surface area contributed by atoms with Gasteiger partial charge in [-0.2, -0.15) is 0 Å². The minimum absolute atomic E-state index is 0.466. The molecule has 0 saturated carbocycles. The Labute approximate surface area is 155 Å². The molecule has 0 unspecified atom stereocenters. The van der Waals surface area contributed by atoms with Crippen LogP contribution in [0, 0.1) is 5.92 Å². The molecule has 0 heterocycles. The maximum Gasteiger partial charge on any atom is 0.0285 e. The summed E-state index contributed by atoms with van der Waals surface area (Å²) in [6.07, 6.45) is 1.13. The van der Waals surface area contributed by atoms with Gasteiger partial charge in [-0.15, -0.1) is 11.8 Å². The Morgan fingerprint density at radius 1 is 1.17 bits per heavy atom. The molecule has 0 aliphatic heterocycles. The predicted octanol–water partition coefficient (Wildman–Crippen LogP) is 3.80. The number of thioether (sulfide) groups is 1. The molecule has 1 rings (SSSR count). The van der Waals surface area contributed by atoms with E-state index in [0.29, 0.717) is 6.04 Å². The Balaban J connectivity index is 2.21. The van der Waals surface area contributed by atoms with E-state index >= 15 is 0 Å². The summed E-state index contributed by atoms with van der Waals surface area (Å²) in [7, 11) is 3.62. The monoisotopic (exact) mass is 373 g/mol. The molecule has 0 spiro atoms. The largest absolute Gasteiger partial charge is 0.315 e. The Morgan fingerprint density at radius 2 is 1.91 bits per heavy atom. The van der Waals surface area contributed by atoms with Crippen molar-refractivity contribution in [2.24, 2.45) is 5.92 Å². The number of hydrogen-bond acceptors (Lipinski definition) is 6. The fraction of sp³-hybridized carbons (Fsp3) is 0.647. The average molecular weight is 374 g/mol. The van der Waals surface area contributed by atoms with Crippen LogP contribution in [0.2, 0.25) is 0 Å². The lowest BCUT2D eigenvalue weighted by Gasteiger charge is -2.22. The van der Waals surface area contributed by atoms with Crippen molar-refractivity contribution in [2.75, 3.05) is 39.0 Å². The quantitative estimate of drug-likeness (QED) is 0.161. The molecule has 1 aromatic carbocycles. The van der Waals surface area contributed by atoms with Gasteiger partial charge in [0.25, 0.3) is 0 Å². The van der Waals surface area contributed by atoms with Crippen LogP contribution >= 0.6 is 34.4 Å². The standard InChI is InChI=1S/C17H31N3S3/c1-15(2)13-18-10-12-20(3)11-9-16(19-23-21)14-22-17-7-5-4-6-8-17/h4-8,15-16,18-19,21H,9-14H2,1-3H3/t16-/m1/s1. The van der Waals surface area contributed by atoms with Gasteiger partial charge in [-0.25, -0.2) is 0 Å². The Morgan fingerprint density at radius 3 is 2.57 bits per heavy atom. The van der Waals surface area contributed by atoms with Gasteiger partial charge in [0.2, 0.25) is 0 Å². The first kappa shape index (κ1) is 21.2. The van der Waals surface area contributed by atoms with Crippen LogP contribution in [-0.2, 0) is 0 Å². The summed E-state index contributed by atoms with van der Waals surface area (Å²) in [4.78, 5) is 3.73. The van der Waals surface area contributed by atoms with Gasteiger partial charge in [0, 0.05) is 29.8 Å². The number of rotatable bonds is 13. The molecule has 0 aliphatic rings. The Kier molecular flexibility index (Phi) is 12.4. The number of benzene rings is 1. The van der Waals surface area contributed by atoms with Gasteiger partial charge < -0.3 is 10.2 Å². The minimum atomic E-state index is 0.466. The molecular weight excluding hydrogens is 342 g/mol. The van der Waals surface area contributed by atoms with Gasteiger partial charge in [-0.3, -0.25) is 4.72 Å². The molecule has 0 aromatic heterocycles. The lowest BCUT2D eigenvalue weighted by Crippen LogP contribution is -2.35. The zero-order valence-electron chi connectivity index (χ0n) is 14.5. The van der Waals surface area contributed by atoms with Gasteiger partial charge in [-0.1, -0.05) is 43.7 Å². The number of nitrogens with one attached hydrogen (secondary N) is 2. The third kappa shape index (κ3) is 11.3. The van der Waals surface area contributed by atoms with Gasteiger partial charge in [0.05, 0.1) is 0 Å². The third-order valence-corrected chi connectivity index (χ3v) is 5.43. The molecule has 1 atom stereocenters. The first-order valence-corrected chi connectivity index (χ1v) is 11.1.